The fourth-order valence-corrected chi connectivity index (χ4v) is 2.51. The van der Waals surface area contributed by atoms with E-state index in [1.54, 1.807) is 22.8 Å². The molecule has 2 rings (SSSR count). The Morgan fingerprint density at radius 1 is 1.33 bits per heavy atom. The lowest BCUT2D eigenvalue weighted by atomic mass is 10.2. The first-order valence-electron chi connectivity index (χ1n) is 5.01. The summed E-state index contributed by atoms with van der Waals surface area (Å²) in [5.41, 5.74) is 7.63. The number of nitrogen functional groups attached to an aromatic ring is 1. The summed E-state index contributed by atoms with van der Waals surface area (Å²) >= 11 is 15.3. The molecule has 6 heteroatoms. The third-order valence-corrected chi connectivity index (χ3v) is 3.99. The van der Waals surface area contributed by atoms with E-state index >= 15 is 0 Å². The zero-order valence-corrected chi connectivity index (χ0v) is 12.2. The summed E-state index contributed by atoms with van der Waals surface area (Å²) in [7, 11) is 0. The van der Waals surface area contributed by atoms with Crippen LogP contribution in [0.3, 0.4) is 0 Å². The topological polar surface area (TPSA) is 54.7 Å². The van der Waals surface area contributed by atoms with Gasteiger partial charge in [-0.3, -0.25) is 0 Å². The molecule has 0 aliphatic heterocycles. The van der Waals surface area contributed by atoms with Crippen molar-refractivity contribution in [3.63, 3.8) is 0 Å². The summed E-state index contributed by atoms with van der Waals surface area (Å²) in [5.74, 6) is 0. The summed E-state index contributed by atoms with van der Waals surface area (Å²) in [6, 6.07) is 8.97. The molecule has 18 heavy (non-hydrogen) atoms. The van der Waals surface area contributed by atoms with Gasteiger partial charge < -0.3 is 10.3 Å². The second-order valence-corrected chi connectivity index (χ2v) is 5.30. The zero-order valence-electron chi connectivity index (χ0n) is 9.12. The average Bonchev–Trinajstić information content (AvgIpc) is 2.60. The van der Waals surface area contributed by atoms with E-state index in [1.807, 2.05) is 6.07 Å². The van der Waals surface area contributed by atoms with Gasteiger partial charge >= 0.3 is 0 Å². The molecule has 1 aromatic heterocycles. The van der Waals surface area contributed by atoms with Crippen molar-refractivity contribution < 1.29 is 0 Å². The van der Waals surface area contributed by atoms with Gasteiger partial charge in [-0.25, -0.2) is 0 Å². The minimum Gasteiger partial charge on any atom is -0.397 e. The van der Waals surface area contributed by atoms with E-state index in [1.165, 1.54) is 0 Å². The Kier molecular flexibility index (Phi) is 3.86. The van der Waals surface area contributed by atoms with Crippen LogP contribution in [0.2, 0.25) is 10.0 Å². The monoisotopic (exact) mass is 343 g/mol. The van der Waals surface area contributed by atoms with Gasteiger partial charge in [-0.2, -0.15) is 5.26 Å². The van der Waals surface area contributed by atoms with E-state index in [4.69, 9.17) is 34.2 Å². The Hall–Kier alpha value is -1.15. The van der Waals surface area contributed by atoms with Gasteiger partial charge in [0.25, 0.3) is 0 Å². The van der Waals surface area contributed by atoms with Crippen LogP contribution in [0.25, 0.3) is 0 Å². The highest BCUT2D eigenvalue weighted by atomic mass is 79.9. The van der Waals surface area contributed by atoms with Gasteiger partial charge in [0, 0.05) is 10.0 Å². The second-order valence-electron chi connectivity index (χ2n) is 3.71. The Morgan fingerprint density at radius 2 is 2.06 bits per heavy atom. The zero-order chi connectivity index (χ0) is 13.3. The van der Waals surface area contributed by atoms with E-state index in [2.05, 4.69) is 22.0 Å². The van der Waals surface area contributed by atoms with Gasteiger partial charge in [0.15, 0.2) is 0 Å². The van der Waals surface area contributed by atoms with Crippen molar-refractivity contribution in [3.05, 3.63) is 50.2 Å². The number of nitrogens with two attached hydrogens (primary N) is 1. The molecule has 2 N–H and O–H groups in total. The summed E-state index contributed by atoms with van der Waals surface area (Å²) < 4.78 is 2.43. The van der Waals surface area contributed by atoms with Crippen molar-refractivity contribution in [2.75, 3.05) is 5.73 Å². The SMILES string of the molecule is N#Cc1cc(N)c(Br)n1Cc1ccc(Cl)cc1Cl. The molecule has 0 spiro atoms. The van der Waals surface area contributed by atoms with Crippen molar-refractivity contribution >= 4 is 44.8 Å². The Labute approximate surface area is 123 Å². The molecule has 0 saturated heterocycles. The minimum atomic E-state index is 0.455. The molecule has 92 valence electrons. The molecule has 1 aromatic carbocycles. The van der Waals surface area contributed by atoms with Crippen LogP contribution in [0.4, 0.5) is 5.69 Å². The molecule has 0 saturated carbocycles. The fourth-order valence-electron chi connectivity index (χ4n) is 1.61. The average molecular weight is 345 g/mol. The number of aromatic nitrogens is 1. The summed E-state index contributed by atoms with van der Waals surface area (Å²) in [4.78, 5) is 0. The van der Waals surface area contributed by atoms with E-state index in [9.17, 15) is 0 Å². The Balaban J connectivity index is 2.43. The molecule has 2 aromatic rings. The van der Waals surface area contributed by atoms with Crippen molar-refractivity contribution in [1.82, 2.24) is 4.57 Å². The van der Waals surface area contributed by atoms with Crippen molar-refractivity contribution in [1.29, 1.82) is 5.26 Å². The van der Waals surface area contributed by atoms with E-state index in [-0.39, 0.29) is 0 Å². The van der Waals surface area contributed by atoms with Crippen LogP contribution >= 0.6 is 39.1 Å². The standard InChI is InChI=1S/C12H8BrCl2N3/c13-12-11(17)4-9(5-16)18(12)6-7-1-2-8(14)3-10(7)15/h1-4H,6,17H2. The summed E-state index contributed by atoms with van der Waals surface area (Å²) in [6.07, 6.45) is 0. The maximum Gasteiger partial charge on any atom is 0.123 e. The smallest absolute Gasteiger partial charge is 0.123 e. The number of hydrogen-bond donors (Lipinski definition) is 1. The van der Waals surface area contributed by atoms with Crippen LogP contribution in [0.15, 0.2) is 28.9 Å². The summed E-state index contributed by atoms with van der Waals surface area (Å²) in [5, 5.41) is 10.2. The lowest BCUT2D eigenvalue weighted by Crippen LogP contribution is -2.03. The highest BCUT2D eigenvalue weighted by molar-refractivity contribution is 9.10. The Morgan fingerprint density at radius 3 is 2.67 bits per heavy atom. The quantitative estimate of drug-likeness (QED) is 0.893. The molecule has 0 fully saturated rings. The Bertz CT molecular complexity index is 644. The van der Waals surface area contributed by atoms with Crippen LogP contribution in [-0.2, 0) is 6.54 Å². The number of nitrogens with zero attached hydrogens (tertiary/aromatic N) is 2. The number of rotatable bonds is 2. The largest absolute Gasteiger partial charge is 0.397 e. The molecule has 0 bridgehead atoms. The van der Waals surface area contributed by atoms with Crippen LogP contribution < -0.4 is 5.73 Å². The van der Waals surface area contributed by atoms with E-state index < -0.39 is 0 Å². The third-order valence-electron chi connectivity index (χ3n) is 2.52. The van der Waals surface area contributed by atoms with E-state index in [0.717, 1.165) is 5.56 Å². The lowest BCUT2D eigenvalue weighted by Gasteiger charge is -2.09. The molecule has 1 heterocycles. The number of hydrogen-bond acceptors (Lipinski definition) is 2. The second kappa shape index (κ2) is 5.23. The maximum absolute atomic E-state index is 9.05. The van der Waals surface area contributed by atoms with Crippen LogP contribution in [0.5, 0.6) is 0 Å². The van der Waals surface area contributed by atoms with Crippen molar-refractivity contribution in [2.45, 2.75) is 6.54 Å². The molecule has 0 radical (unpaired) electrons. The molecule has 0 unspecified atom stereocenters. The van der Waals surface area contributed by atoms with Crippen molar-refractivity contribution in [3.8, 4) is 6.07 Å². The van der Waals surface area contributed by atoms with E-state index in [0.29, 0.717) is 32.6 Å². The van der Waals surface area contributed by atoms with Gasteiger partial charge in [-0.15, -0.1) is 0 Å². The molecule has 0 aliphatic rings. The predicted molar refractivity (Wildman–Crippen MR) is 76.8 cm³/mol. The predicted octanol–water partition coefficient (Wildman–Crippen LogP) is 4.06. The van der Waals surface area contributed by atoms with Gasteiger partial charge in [-0.1, -0.05) is 29.3 Å². The highest BCUT2D eigenvalue weighted by Crippen LogP contribution is 2.28. The first-order valence-corrected chi connectivity index (χ1v) is 6.56. The van der Waals surface area contributed by atoms with Gasteiger partial charge in [0.1, 0.15) is 16.4 Å². The molecule has 3 nitrogen and oxygen atoms in total. The third kappa shape index (κ3) is 2.49. The molecular formula is C12H8BrCl2N3. The van der Waals surface area contributed by atoms with Crippen LogP contribution in [0, 0.1) is 11.3 Å². The molecule has 0 aliphatic carbocycles. The first-order chi connectivity index (χ1) is 8.52. The number of anilines is 1. The van der Waals surface area contributed by atoms with Gasteiger partial charge in [0.2, 0.25) is 0 Å². The fraction of sp³-hybridized carbons (Fsp3) is 0.0833. The minimum absolute atomic E-state index is 0.455. The maximum atomic E-state index is 9.05. The lowest BCUT2D eigenvalue weighted by molar-refractivity contribution is 0.776. The van der Waals surface area contributed by atoms with Crippen molar-refractivity contribution in [2.24, 2.45) is 0 Å². The molecular weight excluding hydrogens is 337 g/mol. The normalized spacial score (nSPS) is 10.3. The molecule has 0 atom stereocenters. The number of halogens is 3. The first kappa shape index (κ1) is 13.3. The van der Waals surface area contributed by atoms with Crippen LogP contribution in [0.1, 0.15) is 11.3 Å². The summed E-state index contributed by atoms with van der Waals surface area (Å²) in [6.45, 7) is 0.455. The highest BCUT2D eigenvalue weighted by Gasteiger charge is 2.12. The number of nitriles is 1. The van der Waals surface area contributed by atoms with Gasteiger partial charge in [-0.05, 0) is 39.7 Å². The van der Waals surface area contributed by atoms with Gasteiger partial charge in [0.05, 0.1) is 12.2 Å². The molecule has 0 amide bonds. The van der Waals surface area contributed by atoms with Crippen LogP contribution in [-0.4, -0.2) is 4.57 Å². The number of benzene rings is 1.